The van der Waals surface area contributed by atoms with Gasteiger partial charge in [-0.25, -0.2) is 9.97 Å². The summed E-state index contributed by atoms with van der Waals surface area (Å²) in [5, 5.41) is 6.34. The van der Waals surface area contributed by atoms with Crippen LogP contribution in [-0.4, -0.2) is 22.4 Å². The average molecular weight is 500 g/mol. The van der Waals surface area contributed by atoms with E-state index in [0.29, 0.717) is 23.2 Å². The van der Waals surface area contributed by atoms with E-state index >= 15 is 0 Å². The maximum Gasteiger partial charge on any atom is 0.270 e. The number of thiazole rings is 1. The smallest absolute Gasteiger partial charge is 0.270 e. The first-order valence-electron chi connectivity index (χ1n) is 11.5. The normalized spacial score (nSPS) is 11.3. The van der Waals surface area contributed by atoms with E-state index in [4.69, 9.17) is 4.42 Å². The van der Waals surface area contributed by atoms with Gasteiger partial charge in [0.2, 0.25) is 0 Å². The highest BCUT2D eigenvalue weighted by atomic mass is 32.2. The zero-order valence-electron chi connectivity index (χ0n) is 19.3. The first-order valence-corrected chi connectivity index (χ1v) is 13.3. The largest absolute Gasteiger partial charge is 0.431 e. The molecule has 0 bridgehead atoms. The van der Waals surface area contributed by atoms with Crippen LogP contribution in [-0.2, 0) is 5.75 Å². The van der Waals surface area contributed by atoms with Crippen molar-refractivity contribution < 1.29 is 9.21 Å². The molecule has 5 rings (SSSR count). The van der Waals surface area contributed by atoms with Crippen LogP contribution in [0.5, 0.6) is 0 Å². The van der Waals surface area contributed by atoms with Gasteiger partial charge in [0.15, 0.2) is 5.58 Å². The number of fused-ring (bicyclic) bond motifs is 1. The Morgan fingerprint density at radius 2 is 1.71 bits per heavy atom. The highest BCUT2D eigenvalue weighted by Gasteiger charge is 2.16. The minimum atomic E-state index is -0.144. The van der Waals surface area contributed by atoms with Gasteiger partial charge < -0.3 is 9.73 Å². The molecule has 1 amide bonds. The maximum absolute atomic E-state index is 12.7. The standard InChI is InChI=1S/C28H25N3O2S2/c1-19-12-13-25-23(16-19)31-28(33-25)35-18-26-30-24(17-34-26)27(32)29-15-14-22(20-8-4-2-5-9-20)21-10-6-3-7-11-21/h2-13,16-17,22H,14-15,18H2,1H3,(H,29,32). The van der Waals surface area contributed by atoms with Crippen LogP contribution in [0.2, 0.25) is 0 Å². The molecule has 0 spiro atoms. The molecule has 0 aliphatic carbocycles. The van der Waals surface area contributed by atoms with Crippen LogP contribution in [0.25, 0.3) is 11.1 Å². The molecule has 176 valence electrons. The van der Waals surface area contributed by atoms with Gasteiger partial charge in [-0.2, -0.15) is 0 Å². The van der Waals surface area contributed by atoms with Gasteiger partial charge >= 0.3 is 0 Å². The summed E-state index contributed by atoms with van der Waals surface area (Å²) < 4.78 is 5.80. The topological polar surface area (TPSA) is 68.0 Å². The molecule has 35 heavy (non-hydrogen) atoms. The Morgan fingerprint density at radius 3 is 2.43 bits per heavy atom. The number of oxazole rings is 1. The zero-order chi connectivity index (χ0) is 24.0. The van der Waals surface area contributed by atoms with Gasteiger partial charge in [0.05, 0.1) is 5.75 Å². The molecule has 7 heteroatoms. The fraction of sp³-hybridized carbons (Fsp3) is 0.179. The van der Waals surface area contributed by atoms with Gasteiger partial charge in [-0.05, 0) is 42.2 Å². The summed E-state index contributed by atoms with van der Waals surface area (Å²) in [6.45, 7) is 2.60. The molecule has 0 aliphatic heterocycles. The second-order valence-corrected chi connectivity index (χ2v) is 10.2. The van der Waals surface area contributed by atoms with E-state index in [1.165, 1.54) is 34.2 Å². The number of carbonyl (C=O) groups excluding carboxylic acids is 1. The lowest BCUT2D eigenvalue weighted by atomic mass is 9.88. The summed E-state index contributed by atoms with van der Waals surface area (Å²) >= 11 is 2.96. The lowest BCUT2D eigenvalue weighted by Crippen LogP contribution is -2.26. The van der Waals surface area contributed by atoms with Gasteiger partial charge in [-0.15, -0.1) is 11.3 Å². The summed E-state index contributed by atoms with van der Waals surface area (Å²) in [6.07, 6.45) is 0.809. The van der Waals surface area contributed by atoms with Gasteiger partial charge in [-0.3, -0.25) is 4.79 Å². The third kappa shape index (κ3) is 5.81. The van der Waals surface area contributed by atoms with Crippen molar-refractivity contribution in [1.29, 1.82) is 0 Å². The monoisotopic (exact) mass is 499 g/mol. The van der Waals surface area contributed by atoms with Crippen LogP contribution in [0.15, 0.2) is 93.9 Å². The summed E-state index contributed by atoms with van der Waals surface area (Å²) in [4.78, 5) is 21.8. The predicted molar refractivity (Wildman–Crippen MR) is 142 cm³/mol. The number of thioether (sulfide) groups is 1. The molecule has 3 aromatic carbocycles. The number of nitrogens with one attached hydrogen (secondary N) is 1. The first-order chi connectivity index (χ1) is 17.2. The summed E-state index contributed by atoms with van der Waals surface area (Å²) in [7, 11) is 0. The minimum absolute atomic E-state index is 0.144. The van der Waals surface area contributed by atoms with E-state index < -0.39 is 0 Å². The number of amides is 1. The minimum Gasteiger partial charge on any atom is -0.431 e. The molecule has 0 fully saturated rings. The highest BCUT2D eigenvalue weighted by Crippen LogP contribution is 2.29. The van der Waals surface area contributed by atoms with Crippen molar-refractivity contribution in [3.05, 3.63) is 112 Å². The fourth-order valence-electron chi connectivity index (χ4n) is 4.00. The number of aryl methyl sites for hydroxylation is 1. The van der Waals surface area contributed by atoms with Crippen molar-refractivity contribution in [1.82, 2.24) is 15.3 Å². The predicted octanol–water partition coefficient (Wildman–Crippen LogP) is 6.84. The molecule has 0 saturated carbocycles. The molecule has 2 aromatic heterocycles. The van der Waals surface area contributed by atoms with Crippen molar-refractivity contribution in [2.75, 3.05) is 6.54 Å². The molecule has 0 unspecified atom stereocenters. The number of hydrogen-bond donors (Lipinski definition) is 1. The molecular weight excluding hydrogens is 474 g/mol. The van der Waals surface area contributed by atoms with Gasteiger partial charge in [0, 0.05) is 17.8 Å². The number of hydrogen-bond acceptors (Lipinski definition) is 6. The Bertz CT molecular complexity index is 1370. The second-order valence-electron chi connectivity index (χ2n) is 8.28. The third-order valence-electron chi connectivity index (χ3n) is 5.75. The Hall–Kier alpha value is -3.42. The Kier molecular flexibility index (Phi) is 7.25. The van der Waals surface area contributed by atoms with Crippen LogP contribution in [0.1, 0.15) is 44.5 Å². The third-order valence-corrected chi connectivity index (χ3v) is 7.62. The van der Waals surface area contributed by atoms with Crippen LogP contribution >= 0.6 is 23.1 Å². The van der Waals surface area contributed by atoms with Crippen LogP contribution in [0, 0.1) is 6.92 Å². The molecule has 0 atom stereocenters. The Balaban J connectivity index is 1.17. The fourth-order valence-corrected chi connectivity index (χ4v) is 5.63. The van der Waals surface area contributed by atoms with Gasteiger partial charge in [-0.1, -0.05) is 78.5 Å². The molecule has 0 radical (unpaired) electrons. The van der Waals surface area contributed by atoms with E-state index in [2.05, 4.69) is 63.8 Å². The Morgan fingerprint density at radius 1 is 1.00 bits per heavy atom. The number of aromatic nitrogens is 2. The number of benzene rings is 3. The molecular formula is C28H25N3O2S2. The molecule has 0 saturated heterocycles. The van der Waals surface area contributed by atoms with Crippen molar-refractivity contribution in [3.8, 4) is 0 Å². The lowest BCUT2D eigenvalue weighted by Gasteiger charge is -2.18. The summed E-state index contributed by atoms with van der Waals surface area (Å²) in [5.41, 5.74) is 5.73. The highest BCUT2D eigenvalue weighted by molar-refractivity contribution is 7.98. The quantitative estimate of drug-likeness (QED) is 0.225. The zero-order valence-corrected chi connectivity index (χ0v) is 20.9. The van der Waals surface area contributed by atoms with E-state index in [1.807, 2.05) is 42.6 Å². The summed E-state index contributed by atoms with van der Waals surface area (Å²) in [6, 6.07) is 26.8. The first kappa shape index (κ1) is 23.3. The number of nitrogens with zero attached hydrogens (tertiary/aromatic N) is 2. The SMILES string of the molecule is Cc1ccc2oc(SCc3nc(C(=O)NCCC(c4ccccc4)c4ccccc4)cs3)nc2c1. The number of rotatable bonds is 9. The Labute approximate surface area is 212 Å². The van der Waals surface area contributed by atoms with Crippen molar-refractivity contribution >= 4 is 40.1 Å². The van der Waals surface area contributed by atoms with E-state index in [-0.39, 0.29) is 11.8 Å². The molecule has 5 nitrogen and oxygen atoms in total. The van der Waals surface area contributed by atoms with Crippen LogP contribution in [0.4, 0.5) is 0 Å². The van der Waals surface area contributed by atoms with E-state index in [9.17, 15) is 4.79 Å². The van der Waals surface area contributed by atoms with E-state index in [1.54, 1.807) is 0 Å². The molecule has 0 aliphatic rings. The molecule has 1 N–H and O–H groups in total. The average Bonchev–Trinajstić information content (AvgIpc) is 3.53. The van der Waals surface area contributed by atoms with Crippen LogP contribution < -0.4 is 5.32 Å². The molecule has 2 heterocycles. The van der Waals surface area contributed by atoms with Crippen molar-refractivity contribution in [2.45, 2.75) is 30.2 Å². The summed E-state index contributed by atoms with van der Waals surface area (Å²) in [5.74, 6) is 0.684. The van der Waals surface area contributed by atoms with Crippen molar-refractivity contribution in [3.63, 3.8) is 0 Å². The molecule has 5 aromatic rings. The van der Waals surface area contributed by atoms with Crippen molar-refractivity contribution in [2.24, 2.45) is 0 Å². The van der Waals surface area contributed by atoms with E-state index in [0.717, 1.165) is 28.1 Å². The second kappa shape index (κ2) is 10.9. The van der Waals surface area contributed by atoms with Gasteiger partial charge in [0.1, 0.15) is 16.2 Å². The number of carbonyl (C=O) groups is 1. The maximum atomic E-state index is 12.7. The van der Waals surface area contributed by atoms with Crippen LogP contribution in [0.3, 0.4) is 0 Å². The van der Waals surface area contributed by atoms with Gasteiger partial charge in [0.25, 0.3) is 11.1 Å². The lowest BCUT2D eigenvalue weighted by molar-refractivity contribution is 0.0948.